The summed E-state index contributed by atoms with van der Waals surface area (Å²) in [6.45, 7) is 4.82. The van der Waals surface area contributed by atoms with Crippen molar-refractivity contribution in [3.05, 3.63) is 24.3 Å². The number of nitrogens with two attached hydrogens (primary N) is 1. The second kappa shape index (κ2) is 8.89. The van der Waals surface area contributed by atoms with Crippen LogP contribution >= 0.6 is 12.4 Å². The van der Waals surface area contributed by atoms with Gasteiger partial charge in [-0.3, -0.25) is 9.59 Å². The van der Waals surface area contributed by atoms with E-state index in [4.69, 9.17) is 10.5 Å². The number of carbonyl (C=O) groups is 2. The van der Waals surface area contributed by atoms with Crippen LogP contribution in [0.2, 0.25) is 0 Å². The monoisotopic (exact) mass is 355 g/mol. The molecule has 1 unspecified atom stereocenters. The molecule has 0 fully saturated rings. The molecular weight excluding hydrogens is 330 g/mol. The predicted octanol–water partition coefficient (Wildman–Crippen LogP) is 1.86. The highest BCUT2D eigenvalue weighted by Crippen LogP contribution is 2.31. The molecule has 0 spiro atoms. The number of ether oxygens (including phenoxy) is 1. The lowest BCUT2D eigenvalue weighted by Gasteiger charge is -2.29. The Morgan fingerprint density at radius 2 is 2.12 bits per heavy atom. The number of hydrogen-bond acceptors (Lipinski definition) is 4. The molecule has 134 valence electrons. The van der Waals surface area contributed by atoms with Crippen molar-refractivity contribution in [3.8, 4) is 5.75 Å². The number of fused-ring (bicyclic) bond motifs is 1. The van der Waals surface area contributed by atoms with Gasteiger partial charge in [-0.1, -0.05) is 25.5 Å². The highest BCUT2D eigenvalue weighted by Gasteiger charge is 2.27. The summed E-state index contributed by atoms with van der Waals surface area (Å²) in [5.74, 6) is 0.506. The van der Waals surface area contributed by atoms with Crippen LogP contribution in [0.3, 0.4) is 0 Å². The van der Waals surface area contributed by atoms with Gasteiger partial charge in [0.15, 0.2) is 6.61 Å². The molecule has 1 heterocycles. The van der Waals surface area contributed by atoms with Gasteiger partial charge in [-0.25, -0.2) is 0 Å². The summed E-state index contributed by atoms with van der Waals surface area (Å²) in [5.41, 5.74) is 5.93. The van der Waals surface area contributed by atoms with Crippen molar-refractivity contribution >= 4 is 29.9 Å². The lowest BCUT2D eigenvalue weighted by molar-refractivity contribution is -0.126. The van der Waals surface area contributed by atoms with Crippen molar-refractivity contribution in [1.29, 1.82) is 0 Å². The van der Waals surface area contributed by atoms with Gasteiger partial charge in [0.2, 0.25) is 5.91 Å². The van der Waals surface area contributed by atoms with Gasteiger partial charge in [0.1, 0.15) is 5.75 Å². The van der Waals surface area contributed by atoms with Gasteiger partial charge >= 0.3 is 0 Å². The summed E-state index contributed by atoms with van der Waals surface area (Å²) >= 11 is 0. The number of nitrogens with zero attached hydrogens (tertiary/aromatic N) is 1. The number of rotatable bonds is 7. The predicted molar refractivity (Wildman–Crippen MR) is 96.7 cm³/mol. The number of amides is 2. The number of nitrogens with one attached hydrogen (secondary N) is 1. The largest absolute Gasteiger partial charge is 0.482 e. The maximum absolute atomic E-state index is 12.0. The van der Waals surface area contributed by atoms with Gasteiger partial charge in [-0.05, 0) is 31.9 Å². The molecule has 0 saturated carbocycles. The molecule has 2 rings (SSSR count). The van der Waals surface area contributed by atoms with E-state index in [1.54, 1.807) is 11.8 Å². The van der Waals surface area contributed by atoms with Crippen molar-refractivity contribution in [3.63, 3.8) is 0 Å². The van der Waals surface area contributed by atoms with Crippen LogP contribution in [0, 0.1) is 0 Å². The van der Waals surface area contributed by atoms with Crippen LogP contribution in [0.25, 0.3) is 0 Å². The molecule has 1 atom stereocenters. The number of para-hydroxylation sites is 2. The Hall–Kier alpha value is -1.79. The van der Waals surface area contributed by atoms with Crippen LogP contribution in [0.1, 0.15) is 33.1 Å². The molecule has 6 nitrogen and oxygen atoms in total. The molecule has 0 saturated heterocycles. The smallest absolute Gasteiger partial charge is 0.265 e. The molecule has 0 aliphatic carbocycles. The Morgan fingerprint density at radius 1 is 1.42 bits per heavy atom. The minimum Gasteiger partial charge on any atom is -0.482 e. The highest BCUT2D eigenvalue weighted by molar-refractivity contribution is 5.97. The number of anilines is 1. The van der Waals surface area contributed by atoms with Crippen LogP contribution < -0.4 is 20.7 Å². The molecule has 0 aromatic heterocycles. The second-order valence-corrected chi connectivity index (χ2v) is 6.08. The van der Waals surface area contributed by atoms with Gasteiger partial charge in [0.05, 0.1) is 11.2 Å². The Kier molecular flexibility index (Phi) is 7.51. The maximum Gasteiger partial charge on any atom is 0.265 e. The third-order valence-corrected chi connectivity index (χ3v) is 3.94. The van der Waals surface area contributed by atoms with Gasteiger partial charge in [0, 0.05) is 13.1 Å². The van der Waals surface area contributed by atoms with Gasteiger partial charge in [0.25, 0.3) is 5.91 Å². The summed E-state index contributed by atoms with van der Waals surface area (Å²) in [6.07, 6.45) is 2.17. The molecule has 1 aromatic rings. The molecule has 7 heteroatoms. The van der Waals surface area contributed by atoms with Crippen molar-refractivity contribution in [1.82, 2.24) is 5.32 Å². The van der Waals surface area contributed by atoms with E-state index in [1.807, 2.05) is 31.2 Å². The SMILES string of the molecule is CCCC(C)(N)C(=O)NCCCN1C(=O)COc2ccccc21.Cl. The summed E-state index contributed by atoms with van der Waals surface area (Å²) in [5, 5.41) is 2.85. The highest BCUT2D eigenvalue weighted by atomic mass is 35.5. The summed E-state index contributed by atoms with van der Waals surface area (Å²) in [4.78, 5) is 25.8. The zero-order valence-corrected chi connectivity index (χ0v) is 15.0. The molecule has 1 aromatic carbocycles. The Labute approximate surface area is 149 Å². The van der Waals surface area contributed by atoms with Crippen molar-refractivity contribution in [2.45, 2.75) is 38.6 Å². The maximum atomic E-state index is 12.0. The Balaban J connectivity index is 0.00000288. The first-order valence-electron chi connectivity index (χ1n) is 8.05. The standard InChI is InChI=1S/C17H25N3O3.ClH/c1-3-9-17(2,18)16(22)19-10-6-11-20-13-7-4-5-8-14(13)23-12-15(20)21;/h4-5,7-8H,3,6,9-12,18H2,1-2H3,(H,19,22);1H. The summed E-state index contributed by atoms with van der Waals surface area (Å²) in [7, 11) is 0. The third kappa shape index (κ3) is 4.85. The fraction of sp³-hybridized carbons (Fsp3) is 0.529. The Bertz CT molecular complexity index is 578. The number of halogens is 1. The zero-order chi connectivity index (χ0) is 16.9. The van der Waals surface area contributed by atoms with Crippen molar-refractivity contribution in [2.24, 2.45) is 5.73 Å². The lowest BCUT2D eigenvalue weighted by Crippen LogP contribution is -2.52. The quantitative estimate of drug-likeness (QED) is 0.731. The van der Waals surface area contributed by atoms with E-state index in [9.17, 15) is 9.59 Å². The fourth-order valence-corrected chi connectivity index (χ4v) is 2.67. The minimum absolute atomic E-state index is 0. The average molecular weight is 356 g/mol. The van der Waals surface area contributed by atoms with Crippen LogP contribution in [-0.4, -0.2) is 37.0 Å². The van der Waals surface area contributed by atoms with E-state index in [2.05, 4.69) is 5.32 Å². The van der Waals surface area contributed by atoms with E-state index in [1.165, 1.54) is 0 Å². The normalized spacial score (nSPS) is 15.6. The Morgan fingerprint density at radius 3 is 2.83 bits per heavy atom. The van der Waals surface area contributed by atoms with E-state index in [-0.39, 0.29) is 30.8 Å². The summed E-state index contributed by atoms with van der Waals surface area (Å²) in [6, 6.07) is 7.47. The van der Waals surface area contributed by atoms with E-state index >= 15 is 0 Å². The fourth-order valence-electron chi connectivity index (χ4n) is 2.67. The third-order valence-electron chi connectivity index (χ3n) is 3.94. The first kappa shape index (κ1) is 20.3. The van der Waals surface area contributed by atoms with E-state index in [0.717, 1.165) is 12.1 Å². The molecule has 2 amide bonds. The van der Waals surface area contributed by atoms with Crippen molar-refractivity contribution in [2.75, 3.05) is 24.6 Å². The zero-order valence-electron chi connectivity index (χ0n) is 14.2. The molecule has 0 bridgehead atoms. The number of benzene rings is 1. The lowest BCUT2D eigenvalue weighted by atomic mass is 9.96. The molecule has 1 aliphatic rings. The van der Waals surface area contributed by atoms with Gasteiger partial charge in [-0.15, -0.1) is 12.4 Å². The molecule has 0 radical (unpaired) electrons. The van der Waals surface area contributed by atoms with E-state index in [0.29, 0.717) is 31.7 Å². The van der Waals surface area contributed by atoms with Crippen LogP contribution in [0.15, 0.2) is 24.3 Å². The molecule has 24 heavy (non-hydrogen) atoms. The molecule has 1 aliphatic heterocycles. The minimum atomic E-state index is -0.837. The van der Waals surface area contributed by atoms with Crippen LogP contribution in [0.5, 0.6) is 5.75 Å². The summed E-state index contributed by atoms with van der Waals surface area (Å²) < 4.78 is 5.40. The van der Waals surface area contributed by atoms with Crippen LogP contribution in [-0.2, 0) is 9.59 Å². The van der Waals surface area contributed by atoms with Crippen molar-refractivity contribution < 1.29 is 14.3 Å². The first-order chi connectivity index (χ1) is 11.0. The molecular formula is C17H26ClN3O3. The van der Waals surface area contributed by atoms with Gasteiger partial charge < -0.3 is 20.7 Å². The first-order valence-corrected chi connectivity index (χ1v) is 8.05. The average Bonchev–Trinajstić information content (AvgIpc) is 2.52. The second-order valence-electron chi connectivity index (χ2n) is 6.08. The number of carbonyl (C=O) groups excluding carboxylic acids is 2. The number of hydrogen-bond donors (Lipinski definition) is 2. The van der Waals surface area contributed by atoms with E-state index < -0.39 is 5.54 Å². The molecule has 3 N–H and O–H groups in total. The topological polar surface area (TPSA) is 84.7 Å². The van der Waals surface area contributed by atoms with Crippen LogP contribution in [0.4, 0.5) is 5.69 Å². The van der Waals surface area contributed by atoms with Gasteiger partial charge in [-0.2, -0.15) is 0 Å².